The summed E-state index contributed by atoms with van der Waals surface area (Å²) in [6.45, 7) is 1.97. The molecule has 0 aliphatic carbocycles. The van der Waals surface area contributed by atoms with Crippen molar-refractivity contribution in [2.75, 3.05) is 14.2 Å². The first-order chi connectivity index (χ1) is 4.81. The van der Waals surface area contributed by atoms with E-state index in [4.69, 9.17) is 0 Å². The zero-order valence-electron chi connectivity index (χ0n) is 6.66. The van der Waals surface area contributed by atoms with Gasteiger partial charge in [-0.1, -0.05) is 6.07 Å². The van der Waals surface area contributed by atoms with Gasteiger partial charge in [0, 0.05) is 26.1 Å². The fourth-order valence-corrected chi connectivity index (χ4v) is 0.448. The van der Waals surface area contributed by atoms with Gasteiger partial charge in [-0.15, -0.1) is 0 Å². The molecule has 0 N–H and O–H groups in total. The highest BCUT2D eigenvalue weighted by Gasteiger charge is 1.73. The molecule has 0 saturated carbocycles. The number of aromatic nitrogens is 1. The third kappa shape index (κ3) is 5.25. The maximum Gasteiger partial charge on any atom is 0.0372 e. The average Bonchev–Trinajstić information content (AvgIpc) is 1.91. The van der Waals surface area contributed by atoms with E-state index in [2.05, 4.69) is 9.72 Å². The zero-order chi connectivity index (χ0) is 7.82. The van der Waals surface area contributed by atoms with Crippen LogP contribution in [0.25, 0.3) is 0 Å². The minimum atomic E-state index is 1.07. The van der Waals surface area contributed by atoms with Crippen LogP contribution in [0.4, 0.5) is 0 Å². The second-order valence-electron chi connectivity index (χ2n) is 1.88. The summed E-state index contributed by atoms with van der Waals surface area (Å²) in [7, 11) is 3.25. The van der Waals surface area contributed by atoms with Gasteiger partial charge in [0.25, 0.3) is 0 Å². The molecule has 0 saturated heterocycles. The van der Waals surface area contributed by atoms with Crippen LogP contribution in [0.1, 0.15) is 5.69 Å². The lowest BCUT2D eigenvalue weighted by atomic mass is 10.4. The van der Waals surface area contributed by atoms with Gasteiger partial charge in [0.15, 0.2) is 0 Å². The smallest absolute Gasteiger partial charge is 0.0372 e. The molecule has 1 rings (SSSR count). The minimum absolute atomic E-state index is 1.07. The highest BCUT2D eigenvalue weighted by atomic mass is 16.4. The van der Waals surface area contributed by atoms with Crippen LogP contribution in [0, 0.1) is 6.92 Å². The zero-order valence-corrected chi connectivity index (χ0v) is 6.66. The fourth-order valence-electron chi connectivity index (χ4n) is 0.448. The lowest BCUT2D eigenvalue weighted by molar-refractivity contribution is 0.277. The molecular formula is C8H13NO. The summed E-state index contributed by atoms with van der Waals surface area (Å²) < 4.78 is 4.25. The van der Waals surface area contributed by atoms with Crippen LogP contribution in [0.15, 0.2) is 24.4 Å². The first-order valence-electron chi connectivity index (χ1n) is 3.09. The van der Waals surface area contributed by atoms with Gasteiger partial charge in [-0.05, 0) is 19.1 Å². The van der Waals surface area contributed by atoms with Crippen LogP contribution in [0.5, 0.6) is 0 Å². The molecule has 56 valence electrons. The molecule has 0 amide bonds. The van der Waals surface area contributed by atoms with Crippen molar-refractivity contribution in [1.82, 2.24) is 4.98 Å². The Morgan fingerprint density at radius 3 is 2.10 bits per heavy atom. The Balaban J connectivity index is 0.000000236. The van der Waals surface area contributed by atoms with Crippen molar-refractivity contribution in [3.63, 3.8) is 0 Å². The third-order valence-corrected chi connectivity index (χ3v) is 0.813. The van der Waals surface area contributed by atoms with Crippen LogP contribution in [-0.2, 0) is 4.74 Å². The van der Waals surface area contributed by atoms with Crippen molar-refractivity contribution >= 4 is 0 Å². The molecule has 0 atom stereocenters. The number of nitrogens with zero attached hydrogens (tertiary/aromatic N) is 1. The lowest BCUT2D eigenvalue weighted by Crippen LogP contribution is -1.72. The summed E-state index contributed by atoms with van der Waals surface area (Å²) in [6.07, 6.45) is 1.79. The van der Waals surface area contributed by atoms with Crippen LogP contribution >= 0.6 is 0 Å². The van der Waals surface area contributed by atoms with Crippen molar-refractivity contribution in [3.8, 4) is 0 Å². The van der Waals surface area contributed by atoms with Crippen molar-refractivity contribution < 1.29 is 4.74 Å². The average molecular weight is 139 g/mol. The third-order valence-electron chi connectivity index (χ3n) is 0.813. The fraction of sp³-hybridized carbons (Fsp3) is 0.375. The predicted molar refractivity (Wildman–Crippen MR) is 41.9 cm³/mol. The monoisotopic (exact) mass is 139 g/mol. The van der Waals surface area contributed by atoms with Gasteiger partial charge in [-0.3, -0.25) is 4.98 Å². The van der Waals surface area contributed by atoms with Crippen molar-refractivity contribution in [2.24, 2.45) is 0 Å². The molecule has 2 nitrogen and oxygen atoms in total. The number of hydrogen-bond donors (Lipinski definition) is 0. The summed E-state index contributed by atoms with van der Waals surface area (Å²) in [6, 6.07) is 5.86. The van der Waals surface area contributed by atoms with E-state index in [1.54, 1.807) is 20.4 Å². The van der Waals surface area contributed by atoms with E-state index >= 15 is 0 Å². The molecule has 0 unspecified atom stereocenters. The first kappa shape index (κ1) is 9.11. The van der Waals surface area contributed by atoms with E-state index in [1.165, 1.54) is 0 Å². The summed E-state index contributed by atoms with van der Waals surface area (Å²) in [5, 5.41) is 0. The molecule has 10 heavy (non-hydrogen) atoms. The van der Waals surface area contributed by atoms with Crippen LogP contribution in [-0.4, -0.2) is 19.2 Å². The number of rotatable bonds is 0. The maximum atomic E-state index is 4.25. The topological polar surface area (TPSA) is 22.1 Å². The minimum Gasteiger partial charge on any atom is -0.388 e. The van der Waals surface area contributed by atoms with Gasteiger partial charge in [0.2, 0.25) is 0 Å². The Bertz CT molecular complexity index is 151. The number of hydrogen-bond acceptors (Lipinski definition) is 2. The summed E-state index contributed by atoms with van der Waals surface area (Å²) in [5.41, 5.74) is 1.07. The molecule has 0 aliphatic rings. The second kappa shape index (κ2) is 6.23. The summed E-state index contributed by atoms with van der Waals surface area (Å²) in [4.78, 5) is 3.98. The largest absolute Gasteiger partial charge is 0.388 e. The molecule has 1 aromatic heterocycles. The Labute approximate surface area is 61.9 Å². The SMILES string of the molecule is COC.Cc1ccccn1. The van der Waals surface area contributed by atoms with Crippen molar-refractivity contribution in [1.29, 1.82) is 0 Å². The van der Waals surface area contributed by atoms with Gasteiger partial charge in [-0.2, -0.15) is 0 Å². The summed E-state index contributed by atoms with van der Waals surface area (Å²) >= 11 is 0. The molecule has 0 aromatic carbocycles. The molecule has 0 aliphatic heterocycles. The number of methoxy groups -OCH3 is 1. The standard InChI is InChI=1S/C6H7N.C2H6O/c1-6-4-2-3-5-7-6;1-3-2/h2-5H,1H3;1-2H3. The first-order valence-corrected chi connectivity index (χ1v) is 3.09. The normalized spacial score (nSPS) is 7.90. The van der Waals surface area contributed by atoms with Gasteiger partial charge >= 0.3 is 0 Å². The molecule has 2 heteroatoms. The Morgan fingerprint density at radius 1 is 1.30 bits per heavy atom. The van der Waals surface area contributed by atoms with E-state index in [1.807, 2.05) is 25.1 Å². The Kier molecular flexibility index (Phi) is 5.68. The molecule has 0 spiro atoms. The van der Waals surface area contributed by atoms with E-state index in [-0.39, 0.29) is 0 Å². The van der Waals surface area contributed by atoms with Crippen molar-refractivity contribution in [3.05, 3.63) is 30.1 Å². The molecule has 1 aromatic rings. The second-order valence-corrected chi connectivity index (χ2v) is 1.88. The van der Waals surface area contributed by atoms with Crippen LogP contribution < -0.4 is 0 Å². The number of ether oxygens (including phenoxy) is 1. The van der Waals surface area contributed by atoms with E-state index in [9.17, 15) is 0 Å². The maximum absolute atomic E-state index is 4.25. The Hall–Kier alpha value is -0.890. The van der Waals surface area contributed by atoms with E-state index < -0.39 is 0 Å². The lowest BCUT2D eigenvalue weighted by Gasteiger charge is -1.82. The number of aryl methyl sites for hydroxylation is 1. The Morgan fingerprint density at radius 2 is 1.90 bits per heavy atom. The molecular weight excluding hydrogens is 126 g/mol. The summed E-state index contributed by atoms with van der Waals surface area (Å²) in [5.74, 6) is 0. The van der Waals surface area contributed by atoms with Crippen molar-refractivity contribution in [2.45, 2.75) is 6.92 Å². The van der Waals surface area contributed by atoms with Gasteiger partial charge in [0.05, 0.1) is 0 Å². The highest BCUT2D eigenvalue weighted by molar-refractivity contribution is 4.99. The van der Waals surface area contributed by atoms with E-state index in [0.717, 1.165) is 5.69 Å². The quantitative estimate of drug-likeness (QED) is 0.545. The molecule has 0 radical (unpaired) electrons. The number of pyridine rings is 1. The van der Waals surface area contributed by atoms with Gasteiger partial charge in [0.1, 0.15) is 0 Å². The van der Waals surface area contributed by atoms with Crippen LogP contribution in [0.2, 0.25) is 0 Å². The van der Waals surface area contributed by atoms with Gasteiger partial charge in [-0.25, -0.2) is 0 Å². The highest BCUT2D eigenvalue weighted by Crippen LogP contribution is 1.85. The van der Waals surface area contributed by atoms with Crippen LogP contribution in [0.3, 0.4) is 0 Å². The predicted octanol–water partition coefficient (Wildman–Crippen LogP) is 1.65. The van der Waals surface area contributed by atoms with E-state index in [0.29, 0.717) is 0 Å². The molecule has 0 bridgehead atoms. The molecule has 0 fully saturated rings. The molecule has 1 heterocycles. The van der Waals surface area contributed by atoms with Gasteiger partial charge < -0.3 is 4.74 Å².